The smallest absolute Gasteiger partial charge is 0.309 e. The molecule has 2 saturated heterocycles. The largest absolute Gasteiger partial charge is 0.466 e. The van der Waals surface area contributed by atoms with Crippen molar-refractivity contribution in [2.45, 2.75) is 52.4 Å². The Balaban J connectivity index is 1.59. The fraction of sp³-hybridized carbons (Fsp3) is 0.900. The third-order valence-electron chi connectivity index (χ3n) is 5.69. The molecule has 0 spiro atoms. The first-order valence-electron chi connectivity index (χ1n) is 10.5. The Labute approximate surface area is 159 Å². The lowest BCUT2D eigenvalue weighted by Crippen LogP contribution is -2.47. The Hall–Kier alpha value is -1.30. The van der Waals surface area contributed by atoms with Gasteiger partial charge in [0.15, 0.2) is 5.96 Å². The van der Waals surface area contributed by atoms with Crippen LogP contribution in [0, 0.1) is 11.8 Å². The lowest BCUT2D eigenvalue weighted by Gasteiger charge is -2.33. The van der Waals surface area contributed by atoms with E-state index in [1.807, 2.05) is 14.0 Å². The molecule has 2 fully saturated rings. The van der Waals surface area contributed by atoms with E-state index in [4.69, 9.17) is 4.74 Å². The molecule has 0 saturated carbocycles. The average Bonchev–Trinajstić information content (AvgIpc) is 2.66. The Morgan fingerprint density at radius 3 is 2.42 bits per heavy atom. The van der Waals surface area contributed by atoms with E-state index in [0.29, 0.717) is 6.61 Å². The minimum atomic E-state index is -0.0396. The number of unbranched alkanes of at least 4 members (excludes halogenated alkanes) is 1. The van der Waals surface area contributed by atoms with Gasteiger partial charge in [-0.15, -0.1) is 0 Å². The van der Waals surface area contributed by atoms with Gasteiger partial charge in [-0.1, -0.05) is 6.92 Å². The van der Waals surface area contributed by atoms with Crippen LogP contribution in [0.15, 0.2) is 4.99 Å². The van der Waals surface area contributed by atoms with E-state index in [-0.39, 0.29) is 11.9 Å². The molecular weight excluding hydrogens is 328 g/mol. The molecule has 0 bridgehead atoms. The molecule has 0 radical (unpaired) electrons. The Morgan fingerprint density at radius 1 is 1.12 bits per heavy atom. The van der Waals surface area contributed by atoms with Crippen LogP contribution in [-0.2, 0) is 9.53 Å². The summed E-state index contributed by atoms with van der Waals surface area (Å²) in [5.74, 6) is 1.89. The van der Waals surface area contributed by atoms with Gasteiger partial charge >= 0.3 is 5.97 Å². The number of guanidine groups is 1. The van der Waals surface area contributed by atoms with Crippen LogP contribution < -0.4 is 5.32 Å². The van der Waals surface area contributed by atoms with E-state index >= 15 is 0 Å². The number of nitrogens with one attached hydrogen (secondary N) is 1. The zero-order valence-corrected chi connectivity index (χ0v) is 17.0. The first-order valence-corrected chi connectivity index (χ1v) is 10.5. The van der Waals surface area contributed by atoms with Crippen molar-refractivity contribution in [2.24, 2.45) is 16.8 Å². The van der Waals surface area contributed by atoms with Gasteiger partial charge in [-0.05, 0) is 71.0 Å². The summed E-state index contributed by atoms with van der Waals surface area (Å²) in [6.07, 6.45) is 6.83. The number of nitrogens with zero attached hydrogens (tertiary/aromatic N) is 3. The SMILES string of the molecule is CCOC(=O)C1CCN(C(=NC)NCCCCN2CCC(C)CC2)CC1. The second-order valence-electron chi connectivity index (χ2n) is 7.72. The van der Waals surface area contributed by atoms with Gasteiger partial charge in [0.05, 0.1) is 12.5 Å². The molecule has 0 aliphatic carbocycles. The van der Waals surface area contributed by atoms with Crippen molar-refractivity contribution in [1.29, 1.82) is 0 Å². The van der Waals surface area contributed by atoms with E-state index in [2.05, 4.69) is 27.0 Å². The highest BCUT2D eigenvalue weighted by Crippen LogP contribution is 2.19. The lowest BCUT2D eigenvalue weighted by atomic mass is 9.97. The molecule has 6 nitrogen and oxygen atoms in total. The highest BCUT2D eigenvalue weighted by Gasteiger charge is 2.27. The van der Waals surface area contributed by atoms with Crippen molar-refractivity contribution >= 4 is 11.9 Å². The van der Waals surface area contributed by atoms with Crippen LogP contribution in [-0.4, -0.2) is 74.7 Å². The number of carbonyl (C=O) groups is 1. The normalized spacial score (nSPS) is 21.0. The molecule has 2 heterocycles. The molecule has 0 aromatic heterocycles. The highest BCUT2D eigenvalue weighted by atomic mass is 16.5. The van der Waals surface area contributed by atoms with Gasteiger partial charge in [-0.25, -0.2) is 0 Å². The van der Waals surface area contributed by atoms with Crippen molar-refractivity contribution < 1.29 is 9.53 Å². The van der Waals surface area contributed by atoms with E-state index in [1.165, 1.54) is 45.3 Å². The van der Waals surface area contributed by atoms with Crippen molar-refractivity contribution in [1.82, 2.24) is 15.1 Å². The fourth-order valence-electron chi connectivity index (χ4n) is 3.87. The van der Waals surface area contributed by atoms with E-state index < -0.39 is 0 Å². The number of likely N-dealkylation sites (tertiary alicyclic amines) is 2. The summed E-state index contributed by atoms with van der Waals surface area (Å²) in [7, 11) is 1.84. The van der Waals surface area contributed by atoms with E-state index in [0.717, 1.165) is 44.4 Å². The molecule has 0 unspecified atom stereocenters. The zero-order chi connectivity index (χ0) is 18.8. The van der Waals surface area contributed by atoms with Gasteiger partial charge in [0.2, 0.25) is 0 Å². The number of ether oxygens (including phenoxy) is 1. The van der Waals surface area contributed by atoms with E-state index in [1.54, 1.807) is 0 Å². The second kappa shape index (κ2) is 11.4. The molecule has 150 valence electrons. The van der Waals surface area contributed by atoms with Crippen molar-refractivity contribution in [2.75, 3.05) is 52.9 Å². The molecule has 2 aliphatic rings. The summed E-state index contributed by atoms with van der Waals surface area (Å²) >= 11 is 0. The molecular formula is C20H38N4O2. The topological polar surface area (TPSA) is 57.2 Å². The maximum Gasteiger partial charge on any atom is 0.309 e. The molecule has 0 amide bonds. The van der Waals surface area contributed by atoms with Gasteiger partial charge in [0.1, 0.15) is 0 Å². The number of carbonyl (C=O) groups excluding carboxylic acids is 1. The third-order valence-corrected chi connectivity index (χ3v) is 5.69. The molecule has 26 heavy (non-hydrogen) atoms. The van der Waals surface area contributed by atoms with Crippen LogP contribution in [0.1, 0.15) is 52.4 Å². The first-order chi connectivity index (χ1) is 12.6. The molecule has 2 aliphatic heterocycles. The highest BCUT2D eigenvalue weighted by molar-refractivity contribution is 5.80. The van der Waals surface area contributed by atoms with Gasteiger partial charge in [0, 0.05) is 26.7 Å². The number of piperidine rings is 2. The van der Waals surface area contributed by atoms with Gasteiger partial charge in [0.25, 0.3) is 0 Å². The summed E-state index contributed by atoms with van der Waals surface area (Å²) in [4.78, 5) is 21.1. The van der Waals surface area contributed by atoms with Gasteiger partial charge in [-0.3, -0.25) is 9.79 Å². The summed E-state index contributed by atoms with van der Waals surface area (Å²) in [6, 6.07) is 0. The third kappa shape index (κ3) is 6.78. The fourth-order valence-corrected chi connectivity index (χ4v) is 3.87. The maximum absolute atomic E-state index is 11.8. The quantitative estimate of drug-likeness (QED) is 0.324. The standard InChI is InChI=1S/C20H38N4O2/c1-4-26-19(25)18-9-15-24(16-10-18)20(21-3)22-11-5-6-12-23-13-7-17(2)8-14-23/h17-18H,4-16H2,1-3H3,(H,21,22). The van der Waals surface area contributed by atoms with Crippen LogP contribution in [0.5, 0.6) is 0 Å². The average molecular weight is 367 g/mol. The number of hydrogen-bond donors (Lipinski definition) is 1. The van der Waals surface area contributed by atoms with Crippen LogP contribution in [0.4, 0.5) is 0 Å². The summed E-state index contributed by atoms with van der Waals surface area (Å²) in [5.41, 5.74) is 0. The Kier molecular flexibility index (Phi) is 9.23. The Morgan fingerprint density at radius 2 is 1.81 bits per heavy atom. The molecule has 0 aromatic carbocycles. The van der Waals surface area contributed by atoms with Crippen LogP contribution in [0.3, 0.4) is 0 Å². The molecule has 6 heteroatoms. The van der Waals surface area contributed by atoms with E-state index in [9.17, 15) is 4.79 Å². The van der Waals surface area contributed by atoms with Crippen LogP contribution in [0.2, 0.25) is 0 Å². The summed E-state index contributed by atoms with van der Waals surface area (Å²) < 4.78 is 5.14. The van der Waals surface area contributed by atoms with Gasteiger partial charge < -0.3 is 19.9 Å². The first kappa shape index (κ1) is 21.0. The Bertz CT molecular complexity index is 439. The summed E-state index contributed by atoms with van der Waals surface area (Å²) in [5, 5.41) is 3.49. The number of rotatable bonds is 7. The number of hydrogen-bond acceptors (Lipinski definition) is 4. The minimum absolute atomic E-state index is 0.0396. The minimum Gasteiger partial charge on any atom is -0.466 e. The monoisotopic (exact) mass is 366 g/mol. The predicted molar refractivity (Wildman–Crippen MR) is 106 cm³/mol. The van der Waals surface area contributed by atoms with Crippen molar-refractivity contribution in [3.63, 3.8) is 0 Å². The van der Waals surface area contributed by atoms with Crippen molar-refractivity contribution in [3.8, 4) is 0 Å². The zero-order valence-electron chi connectivity index (χ0n) is 17.0. The van der Waals surface area contributed by atoms with Gasteiger partial charge in [-0.2, -0.15) is 0 Å². The number of aliphatic imine (C=N–C) groups is 1. The predicted octanol–water partition coefficient (Wildman–Crippen LogP) is 2.35. The molecule has 0 aromatic rings. The molecule has 0 atom stereocenters. The van der Waals surface area contributed by atoms with Crippen LogP contribution in [0.25, 0.3) is 0 Å². The molecule has 2 rings (SSSR count). The number of esters is 1. The summed E-state index contributed by atoms with van der Waals surface area (Å²) in [6.45, 7) is 11.2. The van der Waals surface area contributed by atoms with Crippen LogP contribution >= 0.6 is 0 Å². The maximum atomic E-state index is 11.8. The molecule has 1 N–H and O–H groups in total. The second-order valence-corrected chi connectivity index (χ2v) is 7.72. The lowest BCUT2D eigenvalue weighted by molar-refractivity contribution is -0.149. The van der Waals surface area contributed by atoms with Crippen molar-refractivity contribution in [3.05, 3.63) is 0 Å².